The maximum absolute atomic E-state index is 12.2. The summed E-state index contributed by atoms with van der Waals surface area (Å²) in [5.74, 6) is -0.231. The van der Waals surface area contributed by atoms with Crippen LogP contribution in [-0.2, 0) is 6.54 Å². The molecule has 2 aromatic rings. The van der Waals surface area contributed by atoms with Crippen LogP contribution in [0.4, 0.5) is 0 Å². The number of imidazole rings is 1. The summed E-state index contributed by atoms with van der Waals surface area (Å²) in [6.07, 6.45) is 8.94. The van der Waals surface area contributed by atoms with Gasteiger partial charge in [0.1, 0.15) is 5.69 Å². The van der Waals surface area contributed by atoms with Crippen LogP contribution in [0.1, 0.15) is 42.7 Å². The van der Waals surface area contributed by atoms with Crippen molar-refractivity contribution >= 4 is 5.91 Å². The van der Waals surface area contributed by atoms with Crippen LogP contribution >= 0.6 is 0 Å². The molecular formula is C15H21N5O2. The van der Waals surface area contributed by atoms with Gasteiger partial charge in [-0.05, 0) is 25.3 Å². The molecule has 0 aromatic carbocycles. The molecule has 2 N–H and O–H groups in total. The molecule has 3 rings (SSSR count). The average Bonchev–Trinajstić information content (AvgIpc) is 3.21. The first kappa shape index (κ1) is 14.8. The highest BCUT2D eigenvalue weighted by molar-refractivity contribution is 5.92. The summed E-state index contributed by atoms with van der Waals surface area (Å²) in [7, 11) is 0. The molecule has 1 fully saturated rings. The van der Waals surface area contributed by atoms with E-state index in [-0.39, 0.29) is 18.0 Å². The average molecular weight is 303 g/mol. The van der Waals surface area contributed by atoms with Gasteiger partial charge in [0.2, 0.25) is 0 Å². The summed E-state index contributed by atoms with van der Waals surface area (Å²) >= 11 is 0. The molecule has 118 valence electrons. The Balaban J connectivity index is 1.62. The van der Waals surface area contributed by atoms with Crippen molar-refractivity contribution in [3.8, 4) is 0 Å². The van der Waals surface area contributed by atoms with Crippen LogP contribution in [0.15, 0.2) is 31.0 Å². The van der Waals surface area contributed by atoms with Crippen LogP contribution < -0.4 is 5.32 Å². The number of hydrogen-bond acceptors (Lipinski definition) is 4. The van der Waals surface area contributed by atoms with Crippen molar-refractivity contribution in [2.75, 3.05) is 0 Å². The highest BCUT2D eigenvalue weighted by Crippen LogP contribution is 2.30. The van der Waals surface area contributed by atoms with E-state index < -0.39 is 6.10 Å². The van der Waals surface area contributed by atoms with Gasteiger partial charge in [-0.3, -0.25) is 9.48 Å². The molecule has 0 radical (unpaired) electrons. The third-order valence-corrected chi connectivity index (χ3v) is 4.13. The molecule has 0 unspecified atom stereocenters. The van der Waals surface area contributed by atoms with Gasteiger partial charge in [0.15, 0.2) is 0 Å². The predicted octanol–water partition coefficient (Wildman–Crippen LogP) is 0.984. The number of rotatable bonds is 5. The zero-order valence-corrected chi connectivity index (χ0v) is 12.6. The van der Waals surface area contributed by atoms with Gasteiger partial charge in [-0.15, -0.1) is 0 Å². The van der Waals surface area contributed by atoms with E-state index in [1.807, 2.05) is 10.8 Å². The number of aryl methyl sites for hydroxylation is 1. The van der Waals surface area contributed by atoms with E-state index in [1.54, 1.807) is 29.5 Å². The number of aliphatic hydroxyl groups excluding tert-OH is 1. The van der Waals surface area contributed by atoms with Gasteiger partial charge in [-0.25, -0.2) is 4.98 Å². The minimum Gasteiger partial charge on any atom is -0.389 e. The Bertz CT molecular complexity index is 622. The Hall–Kier alpha value is -2.15. The third kappa shape index (κ3) is 2.89. The van der Waals surface area contributed by atoms with E-state index in [2.05, 4.69) is 22.3 Å². The van der Waals surface area contributed by atoms with Crippen LogP contribution in [0, 0.1) is 0 Å². The maximum atomic E-state index is 12.2. The summed E-state index contributed by atoms with van der Waals surface area (Å²) in [5.41, 5.74) is 0.395. The molecule has 0 saturated heterocycles. The van der Waals surface area contributed by atoms with E-state index in [4.69, 9.17) is 0 Å². The minimum absolute atomic E-state index is 0.0366. The Morgan fingerprint density at radius 3 is 3.05 bits per heavy atom. The van der Waals surface area contributed by atoms with Crippen molar-refractivity contribution in [2.24, 2.45) is 0 Å². The van der Waals surface area contributed by atoms with E-state index in [9.17, 15) is 9.90 Å². The second kappa shape index (κ2) is 6.31. The second-order valence-electron chi connectivity index (χ2n) is 5.69. The quantitative estimate of drug-likeness (QED) is 0.862. The van der Waals surface area contributed by atoms with Gasteiger partial charge in [0.05, 0.1) is 24.5 Å². The summed E-state index contributed by atoms with van der Waals surface area (Å²) in [6.45, 7) is 2.86. The number of carbonyl (C=O) groups is 1. The molecule has 1 aliphatic rings. The van der Waals surface area contributed by atoms with Crippen LogP contribution in [0.3, 0.4) is 0 Å². The molecule has 0 aliphatic heterocycles. The molecule has 22 heavy (non-hydrogen) atoms. The fraction of sp³-hybridized carbons (Fsp3) is 0.533. The Morgan fingerprint density at radius 1 is 1.45 bits per heavy atom. The van der Waals surface area contributed by atoms with Gasteiger partial charge >= 0.3 is 0 Å². The maximum Gasteiger partial charge on any atom is 0.272 e. The van der Waals surface area contributed by atoms with Crippen molar-refractivity contribution in [1.29, 1.82) is 0 Å². The Morgan fingerprint density at radius 2 is 2.32 bits per heavy atom. The summed E-state index contributed by atoms with van der Waals surface area (Å²) < 4.78 is 3.65. The second-order valence-corrected chi connectivity index (χ2v) is 5.69. The largest absolute Gasteiger partial charge is 0.389 e. The molecule has 7 nitrogen and oxygen atoms in total. The monoisotopic (exact) mass is 303 g/mol. The van der Waals surface area contributed by atoms with E-state index in [1.165, 1.54) is 0 Å². The standard InChI is InChI=1S/C15H21N5O2/c1-2-7-20-8-5-12(18-20)15(22)17-11-3-4-13(14(11)21)19-9-6-16-10-19/h5-6,8-11,13-14,21H,2-4,7H2,1H3,(H,17,22)/t11-,13-,14-/m1/s1. The van der Waals surface area contributed by atoms with Crippen LogP contribution in [0.5, 0.6) is 0 Å². The fourth-order valence-corrected chi connectivity index (χ4v) is 2.99. The molecule has 1 aliphatic carbocycles. The first-order chi connectivity index (χ1) is 10.7. The summed E-state index contributed by atoms with van der Waals surface area (Å²) in [6, 6.07) is 1.42. The van der Waals surface area contributed by atoms with Gasteiger partial charge in [-0.2, -0.15) is 5.10 Å². The van der Waals surface area contributed by atoms with E-state index in [0.29, 0.717) is 5.69 Å². The lowest BCUT2D eigenvalue weighted by Gasteiger charge is -2.21. The number of nitrogens with one attached hydrogen (secondary N) is 1. The number of aromatic nitrogens is 4. The predicted molar refractivity (Wildman–Crippen MR) is 80.3 cm³/mol. The van der Waals surface area contributed by atoms with Gasteiger partial charge in [0.25, 0.3) is 5.91 Å². The topological polar surface area (TPSA) is 85.0 Å². The van der Waals surface area contributed by atoms with Gasteiger partial charge in [-0.1, -0.05) is 6.92 Å². The van der Waals surface area contributed by atoms with Crippen LogP contribution in [0.25, 0.3) is 0 Å². The molecule has 3 atom stereocenters. The number of hydrogen-bond donors (Lipinski definition) is 2. The molecule has 0 spiro atoms. The van der Waals surface area contributed by atoms with Crippen molar-refractivity contribution in [2.45, 2.75) is 50.9 Å². The summed E-state index contributed by atoms with van der Waals surface area (Å²) in [4.78, 5) is 16.2. The van der Waals surface area contributed by atoms with E-state index in [0.717, 1.165) is 25.8 Å². The van der Waals surface area contributed by atoms with Crippen molar-refractivity contribution in [3.63, 3.8) is 0 Å². The van der Waals surface area contributed by atoms with Gasteiger partial charge in [0, 0.05) is 25.1 Å². The van der Waals surface area contributed by atoms with Crippen LogP contribution in [0.2, 0.25) is 0 Å². The zero-order valence-electron chi connectivity index (χ0n) is 12.6. The SMILES string of the molecule is CCCn1ccc(C(=O)N[C@@H]2CC[C@@H](n3ccnc3)[C@@H]2O)n1. The fourth-order valence-electron chi connectivity index (χ4n) is 2.99. The van der Waals surface area contributed by atoms with Crippen molar-refractivity contribution in [3.05, 3.63) is 36.7 Å². The first-order valence-corrected chi connectivity index (χ1v) is 7.69. The Kier molecular flexibility index (Phi) is 4.24. The molecule has 2 aromatic heterocycles. The molecule has 1 saturated carbocycles. The van der Waals surface area contributed by atoms with E-state index >= 15 is 0 Å². The smallest absolute Gasteiger partial charge is 0.272 e. The first-order valence-electron chi connectivity index (χ1n) is 7.69. The highest BCUT2D eigenvalue weighted by Gasteiger charge is 2.36. The molecule has 0 bridgehead atoms. The minimum atomic E-state index is -0.615. The van der Waals surface area contributed by atoms with Crippen molar-refractivity contribution in [1.82, 2.24) is 24.6 Å². The lowest BCUT2D eigenvalue weighted by molar-refractivity contribution is 0.0809. The number of aliphatic hydroxyl groups is 1. The summed E-state index contributed by atoms with van der Waals surface area (Å²) in [5, 5.41) is 17.6. The van der Waals surface area contributed by atoms with Gasteiger partial charge < -0.3 is 15.0 Å². The lowest BCUT2D eigenvalue weighted by Crippen LogP contribution is -2.42. The number of carbonyl (C=O) groups excluding carboxylic acids is 1. The molecule has 7 heteroatoms. The Labute approximate surface area is 129 Å². The third-order valence-electron chi connectivity index (χ3n) is 4.13. The van der Waals surface area contributed by atoms with Crippen LogP contribution in [-0.4, -0.2) is 42.5 Å². The molecular weight excluding hydrogens is 282 g/mol. The zero-order chi connectivity index (χ0) is 15.5. The molecule has 1 amide bonds. The molecule has 2 heterocycles. The number of amides is 1. The number of nitrogens with zero attached hydrogens (tertiary/aromatic N) is 4. The highest BCUT2D eigenvalue weighted by atomic mass is 16.3. The van der Waals surface area contributed by atoms with Crippen molar-refractivity contribution < 1.29 is 9.90 Å². The normalized spacial score (nSPS) is 24.5. The lowest BCUT2D eigenvalue weighted by atomic mass is 10.1.